The van der Waals surface area contributed by atoms with Gasteiger partial charge in [-0.05, 0) is 37.0 Å². The van der Waals surface area contributed by atoms with E-state index in [0.717, 1.165) is 0 Å². The summed E-state index contributed by atoms with van der Waals surface area (Å²) in [6.07, 6.45) is -3.10. The first kappa shape index (κ1) is 20.0. The van der Waals surface area contributed by atoms with Gasteiger partial charge >= 0.3 is 12.3 Å². The Bertz CT molecular complexity index is 641. The largest absolute Gasteiger partial charge is 0.573 e. The Balaban J connectivity index is 1.97. The summed E-state index contributed by atoms with van der Waals surface area (Å²) in [5, 5.41) is 11.7. The molecule has 144 valence electrons. The second-order valence-corrected chi connectivity index (χ2v) is 6.29. The van der Waals surface area contributed by atoms with E-state index in [4.69, 9.17) is 4.74 Å². The zero-order valence-corrected chi connectivity index (χ0v) is 14.1. The number of carboxylic acids is 1. The van der Waals surface area contributed by atoms with Gasteiger partial charge in [-0.2, -0.15) is 0 Å². The Morgan fingerprint density at radius 1 is 1.27 bits per heavy atom. The van der Waals surface area contributed by atoms with Crippen molar-refractivity contribution in [1.29, 1.82) is 0 Å². The molecule has 26 heavy (non-hydrogen) atoms. The molecule has 0 aromatic heterocycles. The molecule has 1 unspecified atom stereocenters. The van der Waals surface area contributed by atoms with Crippen molar-refractivity contribution in [3.8, 4) is 5.75 Å². The van der Waals surface area contributed by atoms with Crippen molar-refractivity contribution in [2.45, 2.75) is 38.1 Å². The fourth-order valence-electron chi connectivity index (χ4n) is 2.64. The second-order valence-electron chi connectivity index (χ2n) is 6.29. The summed E-state index contributed by atoms with van der Waals surface area (Å²) in [7, 11) is 1.44. The van der Waals surface area contributed by atoms with E-state index >= 15 is 0 Å². The predicted molar refractivity (Wildman–Crippen MR) is 84.6 cm³/mol. The van der Waals surface area contributed by atoms with Crippen LogP contribution in [-0.2, 0) is 20.7 Å². The quantitative estimate of drug-likeness (QED) is 0.693. The molecule has 1 aromatic rings. The maximum atomic E-state index is 12.5. The minimum atomic E-state index is -4.76. The van der Waals surface area contributed by atoms with Gasteiger partial charge in [0.05, 0.1) is 5.41 Å². The van der Waals surface area contributed by atoms with Crippen LogP contribution in [0.5, 0.6) is 5.75 Å². The van der Waals surface area contributed by atoms with Crippen molar-refractivity contribution in [1.82, 2.24) is 5.32 Å². The standard InChI is InChI=1S/C17H20F3NO5/c1-25-9-6-13(14(22)23)21-15(24)16(7-8-16)10-11-2-4-12(5-3-11)26-17(18,19)20/h2-5,13H,6-10H2,1H3,(H,21,24)(H,22,23). The lowest BCUT2D eigenvalue weighted by molar-refractivity contribution is -0.274. The molecular formula is C17H20F3NO5. The first-order chi connectivity index (χ1) is 12.1. The van der Waals surface area contributed by atoms with Crippen LogP contribution in [0.1, 0.15) is 24.8 Å². The number of ether oxygens (including phenoxy) is 2. The van der Waals surface area contributed by atoms with Crippen molar-refractivity contribution >= 4 is 11.9 Å². The van der Waals surface area contributed by atoms with Crippen molar-refractivity contribution < 1.29 is 37.3 Å². The van der Waals surface area contributed by atoms with E-state index in [1.807, 2.05) is 0 Å². The third-order valence-corrected chi connectivity index (χ3v) is 4.25. The molecule has 1 aromatic carbocycles. The van der Waals surface area contributed by atoms with Crippen LogP contribution in [0, 0.1) is 5.41 Å². The molecular weight excluding hydrogens is 355 g/mol. The average Bonchev–Trinajstić information content (AvgIpc) is 3.32. The predicted octanol–water partition coefficient (Wildman–Crippen LogP) is 2.51. The highest BCUT2D eigenvalue weighted by Crippen LogP contribution is 2.48. The molecule has 2 rings (SSSR count). The van der Waals surface area contributed by atoms with Gasteiger partial charge in [-0.25, -0.2) is 4.79 Å². The Hall–Kier alpha value is -2.29. The van der Waals surface area contributed by atoms with E-state index < -0.39 is 23.8 Å². The zero-order chi connectivity index (χ0) is 19.4. The lowest BCUT2D eigenvalue weighted by atomic mass is 9.95. The number of hydrogen-bond donors (Lipinski definition) is 2. The van der Waals surface area contributed by atoms with E-state index in [1.54, 1.807) is 0 Å². The summed E-state index contributed by atoms with van der Waals surface area (Å²) >= 11 is 0. The zero-order valence-electron chi connectivity index (χ0n) is 14.1. The first-order valence-corrected chi connectivity index (χ1v) is 8.03. The van der Waals surface area contributed by atoms with Crippen molar-refractivity contribution in [3.63, 3.8) is 0 Å². The van der Waals surface area contributed by atoms with Gasteiger partial charge in [0, 0.05) is 20.1 Å². The number of alkyl halides is 3. The Kier molecular flexibility index (Phi) is 6.12. The normalized spacial score (nSPS) is 16.6. The Morgan fingerprint density at radius 2 is 1.88 bits per heavy atom. The number of rotatable bonds is 9. The summed E-state index contributed by atoms with van der Waals surface area (Å²) in [6.45, 7) is 0.199. The molecule has 1 aliphatic rings. The topological polar surface area (TPSA) is 84.9 Å². The molecule has 0 bridgehead atoms. The van der Waals surface area contributed by atoms with Crippen LogP contribution < -0.4 is 10.1 Å². The smallest absolute Gasteiger partial charge is 0.480 e. The van der Waals surface area contributed by atoms with Crippen LogP contribution in [0.25, 0.3) is 0 Å². The number of carbonyl (C=O) groups is 2. The number of aliphatic carboxylic acids is 1. The highest BCUT2D eigenvalue weighted by molar-refractivity contribution is 5.89. The Morgan fingerprint density at radius 3 is 2.35 bits per heavy atom. The van der Waals surface area contributed by atoms with Crippen LogP contribution in [0.15, 0.2) is 24.3 Å². The van der Waals surface area contributed by atoms with Crippen LogP contribution in [-0.4, -0.2) is 43.1 Å². The van der Waals surface area contributed by atoms with Gasteiger partial charge < -0.3 is 19.9 Å². The monoisotopic (exact) mass is 375 g/mol. The molecule has 0 spiro atoms. The molecule has 1 aliphatic carbocycles. The van der Waals surface area contributed by atoms with Gasteiger partial charge in [-0.15, -0.1) is 13.2 Å². The molecule has 1 saturated carbocycles. The fraction of sp³-hybridized carbons (Fsp3) is 0.529. The molecule has 0 aliphatic heterocycles. The van der Waals surface area contributed by atoms with Gasteiger partial charge in [0.25, 0.3) is 0 Å². The number of methoxy groups -OCH3 is 1. The van der Waals surface area contributed by atoms with E-state index in [-0.39, 0.29) is 24.7 Å². The number of benzene rings is 1. The molecule has 0 radical (unpaired) electrons. The van der Waals surface area contributed by atoms with Crippen LogP contribution in [0.4, 0.5) is 13.2 Å². The number of carbonyl (C=O) groups excluding carboxylic acids is 1. The third kappa shape index (κ3) is 5.62. The number of amides is 1. The first-order valence-electron chi connectivity index (χ1n) is 8.03. The second kappa shape index (κ2) is 7.94. The van der Waals surface area contributed by atoms with Crippen molar-refractivity contribution in [3.05, 3.63) is 29.8 Å². The summed E-state index contributed by atoms with van der Waals surface area (Å²) in [5.41, 5.74) is -0.0383. The third-order valence-electron chi connectivity index (χ3n) is 4.25. The summed E-state index contributed by atoms with van der Waals surface area (Å²) in [4.78, 5) is 23.7. The molecule has 1 fully saturated rings. The van der Waals surface area contributed by atoms with Gasteiger partial charge in [-0.3, -0.25) is 4.79 Å². The molecule has 6 nitrogen and oxygen atoms in total. The van der Waals surface area contributed by atoms with Gasteiger partial charge in [0.1, 0.15) is 11.8 Å². The summed E-state index contributed by atoms with van der Waals surface area (Å²) < 4.78 is 45.2. The number of nitrogens with one attached hydrogen (secondary N) is 1. The SMILES string of the molecule is COCCC(NC(=O)C1(Cc2ccc(OC(F)(F)F)cc2)CC1)C(=O)O. The van der Waals surface area contributed by atoms with E-state index in [2.05, 4.69) is 10.1 Å². The number of halogens is 3. The van der Waals surface area contributed by atoms with E-state index in [1.165, 1.54) is 31.4 Å². The lowest BCUT2D eigenvalue weighted by Gasteiger charge is -2.20. The van der Waals surface area contributed by atoms with Gasteiger partial charge in [-0.1, -0.05) is 12.1 Å². The van der Waals surface area contributed by atoms with E-state index in [0.29, 0.717) is 24.8 Å². The maximum absolute atomic E-state index is 12.5. The van der Waals surface area contributed by atoms with Crippen molar-refractivity contribution in [2.75, 3.05) is 13.7 Å². The number of carboxylic acid groups (broad SMARTS) is 1. The highest BCUT2D eigenvalue weighted by Gasteiger charge is 2.50. The van der Waals surface area contributed by atoms with Gasteiger partial charge in [0.2, 0.25) is 5.91 Å². The van der Waals surface area contributed by atoms with E-state index in [9.17, 15) is 27.9 Å². The lowest BCUT2D eigenvalue weighted by Crippen LogP contribution is -2.45. The van der Waals surface area contributed by atoms with Crippen LogP contribution >= 0.6 is 0 Å². The van der Waals surface area contributed by atoms with Crippen LogP contribution in [0.3, 0.4) is 0 Å². The minimum Gasteiger partial charge on any atom is -0.480 e. The van der Waals surface area contributed by atoms with Crippen LogP contribution in [0.2, 0.25) is 0 Å². The molecule has 2 N–H and O–H groups in total. The maximum Gasteiger partial charge on any atom is 0.573 e. The molecule has 0 heterocycles. The molecule has 1 atom stereocenters. The summed E-state index contributed by atoms with van der Waals surface area (Å²) in [6, 6.07) is 4.27. The summed E-state index contributed by atoms with van der Waals surface area (Å²) in [5.74, 6) is -1.84. The molecule has 0 saturated heterocycles. The van der Waals surface area contributed by atoms with Crippen molar-refractivity contribution in [2.24, 2.45) is 5.41 Å². The molecule has 9 heteroatoms. The number of hydrogen-bond acceptors (Lipinski definition) is 4. The minimum absolute atomic E-state index is 0.150. The fourth-order valence-corrected chi connectivity index (χ4v) is 2.64. The highest BCUT2D eigenvalue weighted by atomic mass is 19.4. The molecule has 1 amide bonds. The average molecular weight is 375 g/mol. The Labute approximate surface area is 148 Å². The van der Waals surface area contributed by atoms with Gasteiger partial charge in [0.15, 0.2) is 0 Å².